The summed E-state index contributed by atoms with van der Waals surface area (Å²) in [5, 5.41) is 2.90. The average Bonchev–Trinajstić information content (AvgIpc) is 3.08. The fraction of sp³-hybridized carbons (Fsp3) is 0.318. The second kappa shape index (κ2) is 8.25. The van der Waals surface area contributed by atoms with Crippen LogP contribution in [-0.4, -0.2) is 43.3 Å². The lowest BCUT2D eigenvalue weighted by Gasteiger charge is -2.17. The summed E-state index contributed by atoms with van der Waals surface area (Å²) < 4.78 is 0. The Morgan fingerprint density at radius 2 is 1.71 bits per heavy atom. The highest BCUT2D eigenvalue weighted by Crippen LogP contribution is 2.25. The lowest BCUT2D eigenvalue weighted by molar-refractivity contribution is -0.126. The smallest absolute Gasteiger partial charge is 0.253 e. The number of aryl methyl sites for hydroxylation is 1. The highest BCUT2D eigenvalue weighted by atomic mass is 16.2. The van der Waals surface area contributed by atoms with Gasteiger partial charge in [0.15, 0.2) is 0 Å². The molecule has 1 fully saturated rings. The molecular formula is C22H25N3O3. The fourth-order valence-electron chi connectivity index (χ4n) is 3.21. The highest BCUT2D eigenvalue weighted by Gasteiger charge is 2.34. The van der Waals surface area contributed by atoms with E-state index in [0.29, 0.717) is 18.7 Å². The van der Waals surface area contributed by atoms with Gasteiger partial charge in [0.05, 0.1) is 5.92 Å². The number of nitrogens with zero attached hydrogens (tertiary/aromatic N) is 2. The maximum absolute atomic E-state index is 12.5. The lowest BCUT2D eigenvalue weighted by Crippen LogP contribution is -2.32. The normalized spacial score (nSPS) is 16.2. The van der Waals surface area contributed by atoms with Crippen LogP contribution in [0.5, 0.6) is 0 Å². The third-order valence-corrected chi connectivity index (χ3v) is 4.92. The Bertz CT molecular complexity index is 873. The van der Waals surface area contributed by atoms with Crippen LogP contribution < -0.4 is 10.2 Å². The Morgan fingerprint density at radius 1 is 1.07 bits per heavy atom. The van der Waals surface area contributed by atoms with Crippen molar-refractivity contribution in [1.82, 2.24) is 10.2 Å². The predicted octanol–water partition coefficient (Wildman–Crippen LogP) is 2.37. The number of carbonyl (C=O) groups excluding carboxylic acids is 3. The van der Waals surface area contributed by atoms with E-state index in [0.717, 1.165) is 16.8 Å². The number of anilines is 1. The molecule has 6 nitrogen and oxygen atoms in total. The van der Waals surface area contributed by atoms with Gasteiger partial charge in [-0.2, -0.15) is 0 Å². The number of hydrogen-bond donors (Lipinski definition) is 1. The largest absolute Gasteiger partial charge is 0.352 e. The third-order valence-electron chi connectivity index (χ3n) is 4.92. The van der Waals surface area contributed by atoms with Crippen molar-refractivity contribution in [2.45, 2.75) is 19.9 Å². The maximum Gasteiger partial charge on any atom is 0.253 e. The van der Waals surface area contributed by atoms with Gasteiger partial charge in [-0.15, -0.1) is 0 Å². The van der Waals surface area contributed by atoms with Crippen LogP contribution in [0.15, 0.2) is 48.5 Å². The van der Waals surface area contributed by atoms with E-state index in [1.165, 1.54) is 4.90 Å². The molecule has 1 saturated heterocycles. The van der Waals surface area contributed by atoms with Crippen molar-refractivity contribution < 1.29 is 14.4 Å². The monoisotopic (exact) mass is 379 g/mol. The van der Waals surface area contributed by atoms with Gasteiger partial charge in [0.2, 0.25) is 11.8 Å². The van der Waals surface area contributed by atoms with Gasteiger partial charge in [-0.1, -0.05) is 29.8 Å². The number of benzene rings is 2. The molecule has 2 aromatic carbocycles. The third kappa shape index (κ3) is 4.39. The first-order chi connectivity index (χ1) is 13.3. The molecule has 1 atom stereocenters. The van der Waals surface area contributed by atoms with Gasteiger partial charge in [-0.25, -0.2) is 0 Å². The van der Waals surface area contributed by atoms with E-state index >= 15 is 0 Å². The summed E-state index contributed by atoms with van der Waals surface area (Å²) in [4.78, 5) is 39.9. The molecule has 1 heterocycles. The standard InChI is InChI=1S/C22H25N3O3/c1-15-4-10-19(11-5-15)25-14-18(12-20(25)26)21(27)23-13-16-6-8-17(9-7-16)22(28)24(2)3/h4-11,18H,12-14H2,1-3H3,(H,23,27). The van der Waals surface area contributed by atoms with Crippen LogP contribution in [0.2, 0.25) is 0 Å². The van der Waals surface area contributed by atoms with Crippen molar-refractivity contribution in [1.29, 1.82) is 0 Å². The molecule has 6 heteroatoms. The van der Waals surface area contributed by atoms with E-state index in [1.807, 2.05) is 43.3 Å². The summed E-state index contributed by atoms with van der Waals surface area (Å²) in [7, 11) is 3.42. The number of hydrogen-bond acceptors (Lipinski definition) is 3. The van der Waals surface area contributed by atoms with Crippen molar-refractivity contribution in [2.24, 2.45) is 5.92 Å². The summed E-state index contributed by atoms with van der Waals surface area (Å²) in [6.07, 6.45) is 0.218. The Hall–Kier alpha value is -3.15. The zero-order valence-corrected chi connectivity index (χ0v) is 16.4. The van der Waals surface area contributed by atoms with E-state index in [-0.39, 0.29) is 30.1 Å². The summed E-state index contributed by atoms with van der Waals surface area (Å²) in [5.74, 6) is -0.577. The summed E-state index contributed by atoms with van der Waals surface area (Å²) >= 11 is 0. The number of carbonyl (C=O) groups is 3. The first-order valence-corrected chi connectivity index (χ1v) is 9.30. The Labute approximate surface area is 165 Å². The van der Waals surface area contributed by atoms with Gasteiger partial charge in [0, 0.05) is 44.9 Å². The SMILES string of the molecule is Cc1ccc(N2CC(C(=O)NCc3ccc(C(=O)N(C)C)cc3)CC2=O)cc1. The van der Waals surface area contributed by atoms with Crippen LogP contribution in [0.3, 0.4) is 0 Å². The van der Waals surface area contributed by atoms with Crippen LogP contribution in [0, 0.1) is 12.8 Å². The van der Waals surface area contributed by atoms with Gasteiger partial charge in [-0.05, 0) is 36.8 Å². The molecule has 0 bridgehead atoms. The van der Waals surface area contributed by atoms with Crippen LogP contribution in [-0.2, 0) is 16.1 Å². The lowest BCUT2D eigenvalue weighted by atomic mass is 10.1. The minimum absolute atomic E-state index is 0.0319. The minimum atomic E-state index is -0.358. The van der Waals surface area contributed by atoms with Crippen LogP contribution in [0.1, 0.15) is 27.9 Å². The first kappa shape index (κ1) is 19.6. The second-order valence-electron chi connectivity index (χ2n) is 7.36. The number of nitrogens with one attached hydrogen (secondary N) is 1. The number of amides is 3. The molecule has 0 saturated carbocycles. The molecule has 146 valence electrons. The Morgan fingerprint density at radius 3 is 2.32 bits per heavy atom. The summed E-state index contributed by atoms with van der Waals surface area (Å²) in [6, 6.07) is 14.9. The topological polar surface area (TPSA) is 69.7 Å². The molecule has 2 aromatic rings. The van der Waals surface area contributed by atoms with Crippen molar-refractivity contribution in [3.8, 4) is 0 Å². The molecule has 0 aliphatic carbocycles. The zero-order valence-electron chi connectivity index (χ0n) is 16.4. The quantitative estimate of drug-likeness (QED) is 0.867. The Balaban J connectivity index is 1.56. The van der Waals surface area contributed by atoms with E-state index in [2.05, 4.69) is 5.32 Å². The fourth-order valence-corrected chi connectivity index (χ4v) is 3.21. The van der Waals surface area contributed by atoms with Crippen molar-refractivity contribution in [3.05, 3.63) is 65.2 Å². The Kier molecular flexibility index (Phi) is 5.78. The van der Waals surface area contributed by atoms with Crippen LogP contribution in [0.4, 0.5) is 5.69 Å². The van der Waals surface area contributed by atoms with Crippen molar-refractivity contribution in [2.75, 3.05) is 25.5 Å². The molecule has 3 amide bonds. The van der Waals surface area contributed by atoms with Crippen LogP contribution >= 0.6 is 0 Å². The van der Waals surface area contributed by atoms with E-state index in [9.17, 15) is 14.4 Å². The molecule has 1 unspecified atom stereocenters. The molecule has 28 heavy (non-hydrogen) atoms. The van der Waals surface area contributed by atoms with Gasteiger partial charge >= 0.3 is 0 Å². The molecule has 1 aliphatic rings. The predicted molar refractivity (Wildman–Crippen MR) is 108 cm³/mol. The van der Waals surface area contributed by atoms with Gasteiger partial charge in [0.25, 0.3) is 5.91 Å². The van der Waals surface area contributed by atoms with Crippen molar-refractivity contribution >= 4 is 23.4 Å². The second-order valence-corrected chi connectivity index (χ2v) is 7.36. The van der Waals surface area contributed by atoms with Gasteiger partial charge < -0.3 is 15.1 Å². The van der Waals surface area contributed by atoms with Crippen LogP contribution in [0.25, 0.3) is 0 Å². The van der Waals surface area contributed by atoms with E-state index in [1.54, 1.807) is 31.1 Å². The molecule has 1 N–H and O–H groups in total. The van der Waals surface area contributed by atoms with E-state index < -0.39 is 0 Å². The van der Waals surface area contributed by atoms with Gasteiger partial charge in [-0.3, -0.25) is 14.4 Å². The molecular weight excluding hydrogens is 354 g/mol. The summed E-state index contributed by atoms with van der Waals surface area (Å²) in [6.45, 7) is 2.75. The maximum atomic E-state index is 12.5. The minimum Gasteiger partial charge on any atom is -0.352 e. The van der Waals surface area contributed by atoms with Gasteiger partial charge in [0.1, 0.15) is 0 Å². The molecule has 0 aromatic heterocycles. The van der Waals surface area contributed by atoms with Crippen molar-refractivity contribution in [3.63, 3.8) is 0 Å². The average molecular weight is 379 g/mol. The molecule has 0 radical (unpaired) electrons. The number of rotatable bonds is 5. The summed E-state index contributed by atoms with van der Waals surface area (Å²) in [5.41, 5.74) is 3.47. The molecule has 3 rings (SSSR count). The highest BCUT2D eigenvalue weighted by molar-refractivity contribution is 6.00. The first-order valence-electron chi connectivity index (χ1n) is 9.30. The molecule has 1 aliphatic heterocycles. The van der Waals surface area contributed by atoms with E-state index in [4.69, 9.17) is 0 Å². The zero-order chi connectivity index (χ0) is 20.3. The molecule has 0 spiro atoms.